The van der Waals surface area contributed by atoms with Crippen LogP contribution in [0.4, 0.5) is 0 Å². The molecule has 0 bridgehead atoms. The number of hydrogen-bond acceptors (Lipinski definition) is 1. The van der Waals surface area contributed by atoms with Crippen molar-refractivity contribution in [2.24, 2.45) is 23.0 Å². The minimum atomic E-state index is 0.433. The number of nitrogens with two attached hydrogens (primary N) is 1. The number of rotatable bonds is 0. The summed E-state index contributed by atoms with van der Waals surface area (Å²) in [6.45, 7) is 0. The molecule has 220 valence electrons. The van der Waals surface area contributed by atoms with Crippen LogP contribution in [0.2, 0.25) is 0 Å². The van der Waals surface area contributed by atoms with Crippen LogP contribution >= 0.6 is 0 Å². The van der Waals surface area contributed by atoms with Gasteiger partial charge >= 0.3 is 0 Å². The van der Waals surface area contributed by atoms with E-state index in [1.54, 1.807) is 22.3 Å². The van der Waals surface area contributed by atoms with Gasteiger partial charge in [-0.05, 0) is 117 Å². The van der Waals surface area contributed by atoms with Crippen molar-refractivity contribution in [1.29, 1.82) is 0 Å². The summed E-state index contributed by atoms with van der Waals surface area (Å²) in [5, 5.41) is 0. The molecule has 40 heavy (non-hydrogen) atoms. The second-order valence-corrected chi connectivity index (χ2v) is 14.0. The monoisotopic (exact) mass is 541 g/mol. The Balaban J connectivity index is 1.40. The van der Waals surface area contributed by atoms with Crippen molar-refractivity contribution in [2.75, 3.05) is 0 Å². The van der Waals surface area contributed by atoms with E-state index in [4.69, 9.17) is 5.73 Å². The van der Waals surface area contributed by atoms with Gasteiger partial charge in [0.05, 0.1) is 0 Å². The lowest BCUT2D eigenvalue weighted by Gasteiger charge is -2.31. The van der Waals surface area contributed by atoms with Gasteiger partial charge in [-0.15, -0.1) is 0 Å². The summed E-state index contributed by atoms with van der Waals surface area (Å²) < 4.78 is 0. The maximum atomic E-state index is 6.89. The Morgan fingerprint density at radius 3 is 1.82 bits per heavy atom. The summed E-state index contributed by atoms with van der Waals surface area (Å²) in [5.74, 6) is 1.68. The summed E-state index contributed by atoms with van der Waals surface area (Å²) in [5.41, 5.74) is 13.8. The lowest BCUT2D eigenvalue weighted by Crippen LogP contribution is -2.30. The second kappa shape index (κ2) is 15.6. The lowest BCUT2D eigenvalue weighted by atomic mass is 9.74. The fourth-order valence-electron chi connectivity index (χ4n) is 8.79. The van der Waals surface area contributed by atoms with E-state index >= 15 is 0 Å². The van der Waals surface area contributed by atoms with Gasteiger partial charge in [0.25, 0.3) is 0 Å². The van der Waals surface area contributed by atoms with Crippen LogP contribution < -0.4 is 5.73 Å². The van der Waals surface area contributed by atoms with E-state index in [9.17, 15) is 0 Å². The largest absolute Gasteiger partial charge is 0.327 e. The average Bonchev–Trinajstić information content (AvgIpc) is 3.70. The van der Waals surface area contributed by atoms with Crippen LogP contribution in [0, 0.1) is 17.3 Å². The molecule has 3 fully saturated rings. The fraction of sp³-hybridized carbons (Fsp3) is 0.692. The van der Waals surface area contributed by atoms with Crippen molar-refractivity contribution in [2.45, 2.75) is 154 Å². The van der Waals surface area contributed by atoms with Gasteiger partial charge in [-0.2, -0.15) is 0 Å². The van der Waals surface area contributed by atoms with Gasteiger partial charge in [-0.3, -0.25) is 0 Å². The van der Waals surface area contributed by atoms with Crippen molar-refractivity contribution in [1.82, 2.24) is 0 Å². The Morgan fingerprint density at radius 2 is 1.07 bits per heavy atom. The Labute approximate surface area is 247 Å². The first-order valence-corrected chi connectivity index (χ1v) is 17.7. The Kier molecular flexibility index (Phi) is 11.6. The smallest absolute Gasteiger partial charge is 0.00727 e. The molecule has 0 aromatic rings. The van der Waals surface area contributed by atoms with Crippen molar-refractivity contribution in [3.63, 3.8) is 0 Å². The van der Waals surface area contributed by atoms with Crippen molar-refractivity contribution in [3.8, 4) is 0 Å². The van der Waals surface area contributed by atoms with Crippen LogP contribution in [0.3, 0.4) is 0 Å². The highest BCUT2D eigenvalue weighted by atomic mass is 14.8. The first-order valence-electron chi connectivity index (χ1n) is 17.7. The molecule has 0 aromatic carbocycles. The van der Waals surface area contributed by atoms with Gasteiger partial charge < -0.3 is 5.73 Å². The second-order valence-electron chi connectivity index (χ2n) is 14.0. The molecule has 1 heteroatoms. The molecule has 0 heterocycles. The number of fused-ring (bicyclic) bond motifs is 1. The molecule has 1 spiro atoms. The van der Waals surface area contributed by atoms with E-state index in [1.807, 2.05) is 0 Å². The molecule has 5 aliphatic carbocycles. The molecule has 2 N–H and O–H groups in total. The van der Waals surface area contributed by atoms with E-state index in [-0.39, 0.29) is 0 Å². The third-order valence-electron chi connectivity index (χ3n) is 11.3. The Bertz CT molecular complexity index is 986. The lowest BCUT2D eigenvalue weighted by molar-refractivity contribution is 0.203. The molecule has 1 nitrogen and oxygen atoms in total. The summed E-state index contributed by atoms with van der Waals surface area (Å²) in [4.78, 5) is 0. The Morgan fingerprint density at radius 1 is 0.525 bits per heavy atom. The van der Waals surface area contributed by atoms with E-state index < -0.39 is 0 Å². The molecule has 4 unspecified atom stereocenters. The van der Waals surface area contributed by atoms with Crippen LogP contribution in [0.5, 0.6) is 0 Å². The highest BCUT2D eigenvalue weighted by molar-refractivity contribution is 5.41. The van der Waals surface area contributed by atoms with Gasteiger partial charge in [0, 0.05) is 6.04 Å². The first-order chi connectivity index (χ1) is 19.8. The van der Waals surface area contributed by atoms with Gasteiger partial charge in [0.2, 0.25) is 0 Å². The molecule has 0 amide bonds. The summed E-state index contributed by atoms with van der Waals surface area (Å²) in [7, 11) is 0. The zero-order valence-corrected chi connectivity index (χ0v) is 25.7. The molecule has 0 radical (unpaired) electrons. The minimum Gasteiger partial charge on any atom is -0.327 e. The predicted molar refractivity (Wildman–Crippen MR) is 174 cm³/mol. The van der Waals surface area contributed by atoms with Crippen molar-refractivity contribution in [3.05, 3.63) is 70.9 Å². The summed E-state index contributed by atoms with van der Waals surface area (Å²) >= 11 is 0. The minimum absolute atomic E-state index is 0.433. The molecular weight excluding hydrogens is 482 g/mol. The first kappa shape index (κ1) is 29.9. The molecule has 0 aromatic heterocycles. The van der Waals surface area contributed by atoms with E-state index in [0.717, 1.165) is 11.8 Å². The maximum Gasteiger partial charge on any atom is 0.00727 e. The summed E-state index contributed by atoms with van der Waals surface area (Å²) in [6.07, 6.45) is 50.5. The van der Waals surface area contributed by atoms with Gasteiger partial charge in [-0.25, -0.2) is 0 Å². The molecule has 3 saturated carbocycles. The Hall–Kier alpha value is -1.60. The zero-order valence-electron chi connectivity index (χ0n) is 25.7. The van der Waals surface area contributed by atoms with Gasteiger partial charge in [0.1, 0.15) is 0 Å². The SMILES string of the molecule is NC1CCCCCCC2CCCCCC3=C(\C=C/C=C\C=C4\CCCCCCCCC\C4=C/C=C\3)CCC23CC13. The van der Waals surface area contributed by atoms with Crippen molar-refractivity contribution >= 4 is 0 Å². The van der Waals surface area contributed by atoms with E-state index in [2.05, 4.69) is 48.6 Å². The van der Waals surface area contributed by atoms with Crippen LogP contribution in [0.15, 0.2) is 70.9 Å². The normalized spacial score (nSPS) is 40.4. The van der Waals surface area contributed by atoms with Crippen LogP contribution in [-0.2, 0) is 0 Å². The number of hydrogen-bond donors (Lipinski definition) is 1. The van der Waals surface area contributed by atoms with Crippen LogP contribution in [0.1, 0.15) is 148 Å². The summed E-state index contributed by atoms with van der Waals surface area (Å²) in [6, 6.07) is 0.433. The third-order valence-corrected chi connectivity index (χ3v) is 11.3. The van der Waals surface area contributed by atoms with E-state index in [0.29, 0.717) is 11.5 Å². The molecule has 0 aliphatic heterocycles. The topological polar surface area (TPSA) is 26.0 Å². The third kappa shape index (κ3) is 8.24. The highest BCUT2D eigenvalue weighted by Gasteiger charge is 2.59. The van der Waals surface area contributed by atoms with E-state index in [1.165, 1.54) is 148 Å². The molecule has 4 atom stereocenters. The zero-order chi connectivity index (χ0) is 27.5. The average molecular weight is 542 g/mol. The highest BCUT2D eigenvalue weighted by Crippen LogP contribution is 2.65. The van der Waals surface area contributed by atoms with Crippen LogP contribution in [-0.4, -0.2) is 6.04 Å². The van der Waals surface area contributed by atoms with Gasteiger partial charge in [-0.1, -0.05) is 119 Å². The number of allylic oxidation sites excluding steroid dienone is 12. The standard InChI is InChI=1S/C39H59N/c40-38-28-17-7-6-15-26-36-27-16-9-14-22-34-25-18-24-33-20-11-5-3-1-2-4-10-19-32(33)21-12-8-13-23-35(34)29-30-39(36)31-37(38)39/h8,12-13,18,21,23-25,36-38H,1-7,9-11,14-17,19-20,22,26-31,40H2/b12-8-,13-8?,21-12?,23-13-,24-18?,25-18-,32-21-,33-24+,33-32?,34-25?,35-23?,35-34-. The maximum absolute atomic E-state index is 6.89. The molecule has 5 aliphatic rings. The van der Waals surface area contributed by atoms with Crippen molar-refractivity contribution < 1.29 is 0 Å². The molecular formula is C39H59N. The van der Waals surface area contributed by atoms with Crippen LogP contribution in [0.25, 0.3) is 0 Å². The molecule has 0 saturated heterocycles. The quantitative estimate of drug-likeness (QED) is 0.324. The fourth-order valence-corrected chi connectivity index (χ4v) is 8.79. The predicted octanol–water partition coefficient (Wildman–Crippen LogP) is 11.4. The molecule has 5 rings (SSSR count). The van der Waals surface area contributed by atoms with Gasteiger partial charge in [0.15, 0.2) is 0 Å².